The number of anilines is 1. The number of benzene rings is 2. The third kappa shape index (κ3) is 4.83. The Hall–Kier alpha value is -4.11. The number of hydrogen-bond donors (Lipinski definition) is 2. The van der Waals surface area contributed by atoms with Gasteiger partial charge in [0.2, 0.25) is 5.91 Å². The van der Waals surface area contributed by atoms with Gasteiger partial charge in [0.25, 0.3) is 11.1 Å². The van der Waals surface area contributed by atoms with E-state index in [2.05, 4.69) is 5.32 Å². The molecule has 3 aromatic rings. The highest BCUT2D eigenvalue weighted by molar-refractivity contribution is 8.18. The monoisotopic (exact) mass is 503 g/mol. The van der Waals surface area contributed by atoms with Crippen LogP contribution >= 0.6 is 11.8 Å². The fourth-order valence-electron chi connectivity index (χ4n) is 4.20. The first-order valence-electron chi connectivity index (χ1n) is 11.2. The molecule has 184 valence electrons. The summed E-state index contributed by atoms with van der Waals surface area (Å²) in [5.41, 5.74) is 5.90. The summed E-state index contributed by atoms with van der Waals surface area (Å²) in [6.07, 6.45) is 1.65. The Morgan fingerprint density at radius 3 is 2.25 bits per heavy atom. The lowest BCUT2D eigenvalue weighted by Gasteiger charge is -2.15. The Morgan fingerprint density at radius 1 is 1.00 bits per heavy atom. The van der Waals surface area contributed by atoms with Gasteiger partial charge in [0.05, 0.1) is 10.5 Å². The predicted molar refractivity (Wildman–Crippen MR) is 139 cm³/mol. The van der Waals surface area contributed by atoms with Gasteiger partial charge >= 0.3 is 5.97 Å². The molecule has 2 heterocycles. The number of hydrogen-bond acceptors (Lipinski definition) is 5. The maximum absolute atomic E-state index is 13.0. The van der Waals surface area contributed by atoms with Crippen LogP contribution in [0.15, 0.2) is 53.4 Å². The van der Waals surface area contributed by atoms with Gasteiger partial charge in [-0.15, -0.1) is 0 Å². The van der Waals surface area contributed by atoms with Gasteiger partial charge < -0.3 is 15.0 Å². The molecule has 0 saturated carbocycles. The molecule has 1 aliphatic heterocycles. The number of carboxylic acids is 1. The van der Waals surface area contributed by atoms with Crippen LogP contribution < -0.4 is 5.32 Å². The fraction of sp³-hybridized carbons (Fsp3) is 0.185. The maximum atomic E-state index is 13.0. The number of amides is 3. The Bertz CT molecular complexity index is 1420. The van der Waals surface area contributed by atoms with Gasteiger partial charge in [-0.2, -0.15) is 0 Å². The lowest BCUT2D eigenvalue weighted by molar-refractivity contribution is -0.127. The number of aryl methyl sites for hydroxylation is 3. The molecule has 2 aromatic carbocycles. The van der Waals surface area contributed by atoms with Crippen LogP contribution in [-0.2, 0) is 9.59 Å². The highest BCUT2D eigenvalue weighted by atomic mass is 32.2. The van der Waals surface area contributed by atoms with Gasteiger partial charge in [-0.1, -0.05) is 18.2 Å². The largest absolute Gasteiger partial charge is 0.478 e. The Morgan fingerprint density at radius 2 is 1.64 bits per heavy atom. The minimum absolute atomic E-state index is 0.191. The number of nitrogens with zero attached hydrogens (tertiary/aromatic N) is 2. The minimum atomic E-state index is -0.998. The van der Waals surface area contributed by atoms with Crippen molar-refractivity contribution in [2.75, 3.05) is 11.9 Å². The number of carbonyl (C=O) groups excluding carboxylic acids is 3. The summed E-state index contributed by atoms with van der Waals surface area (Å²) < 4.78 is 1.94. The summed E-state index contributed by atoms with van der Waals surface area (Å²) >= 11 is 0.800. The van der Waals surface area contributed by atoms with Crippen LogP contribution in [0.4, 0.5) is 10.5 Å². The lowest BCUT2D eigenvalue weighted by Crippen LogP contribution is -2.36. The molecule has 1 aliphatic rings. The summed E-state index contributed by atoms with van der Waals surface area (Å²) in [6.45, 7) is 7.17. The quantitative estimate of drug-likeness (QED) is 0.454. The number of para-hydroxylation sites is 1. The predicted octanol–water partition coefficient (Wildman–Crippen LogP) is 5.08. The summed E-state index contributed by atoms with van der Waals surface area (Å²) in [7, 11) is 0. The molecular weight excluding hydrogens is 478 g/mol. The molecule has 8 nitrogen and oxygen atoms in total. The lowest BCUT2D eigenvalue weighted by atomic mass is 10.1. The number of thioether (sulfide) groups is 1. The van der Waals surface area contributed by atoms with E-state index < -0.39 is 23.0 Å². The molecule has 0 spiro atoms. The topological polar surface area (TPSA) is 109 Å². The van der Waals surface area contributed by atoms with Crippen molar-refractivity contribution >= 4 is 46.5 Å². The van der Waals surface area contributed by atoms with E-state index in [1.165, 1.54) is 12.1 Å². The van der Waals surface area contributed by atoms with E-state index in [-0.39, 0.29) is 17.0 Å². The molecule has 2 N–H and O–H groups in total. The first-order valence-corrected chi connectivity index (χ1v) is 12.0. The summed E-state index contributed by atoms with van der Waals surface area (Å²) in [5.74, 6) is -1.96. The maximum Gasteiger partial charge on any atom is 0.335 e. The second-order valence-corrected chi connectivity index (χ2v) is 9.59. The number of imide groups is 1. The molecule has 36 heavy (non-hydrogen) atoms. The fourth-order valence-corrected chi connectivity index (χ4v) is 5.03. The average molecular weight is 504 g/mol. The van der Waals surface area contributed by atoms with Crippen LogP contribution in [0.2, 0.25) is 0 Å². The highest BCUT2D eigenvalue weighted by Crippen LogP contribution is 2.34. The first-order chi connectivity index (χ1) is 17.1. The van der Waals surface area contributed by atoms with Crippen molar-refractivity contribution in [1.82, 2.24) is 9.47 Å². The van der Waals surface area contributed by atoms with Gasteiger partial charge in [-0.3, -0.25) is 19.3 Å². The standard InChI is InChI=1S/C27H25N3O5S/c1-15-6-5-7-16(2)24(15)28-23(31)14-29-25(32)22(36-27(29)35)13-20-12-17(3)30(18(20)4)21-10-8-19(9-11-21)26(33)34/h5-13H,14H2,1-4H3,(H,28,31)(H,33,34)/b22-13+. The van der Waals surface area contributed by atoms with Crippen LogP contribution in [0.25, 0.3) is 11.8 Å². The molecule has 1 aromatic heterocycles. The number of aromatic nitrogens is 1. The van der Waals surface area contributed by atoms with Crippen LogP contribution in [-0.4, -0.2) is 44.1 Å². The number of rotatable bonds is 6. The van der Waals surface area contributed by atoms with E-state index in [0.29, 0.717) is 5.69 Å². The molecule has 0 bridgehead atoms. The Labute approximate surface area is 212 Å². The Balaban J connectivity index is 1.54. The molecule has 0 radical (unpaired) electrons. The summed E-state index contributed by atoms with van der Waals surface area (Å²) in [6, 6.07) is 14.0. The number of carboxylic acid groups (broad SMARTS) is 1. The van der Waals surface area contributed by atoms with Crippen molar-refractivity contribution in [3.05, 3.63) is 87.1 Å². The van der Waals surface area contributed by atoms with Gasteiger partial charge in [0.1, 0.15) is 6.54 Å². The molecule has 9 heteroatoms. The number of nitrogens with one attached hydrogen (secondary N) is 1. The van der Waals surface area contributed by atoms with Crippen LogP contribution in [0.5, 0.6) is 0 Å². The van der Waals surface area contributed by atoms with Crippen LogP contribution in [0.3, 0.4) is 0 Å². The average Bonchev–Trinajstić information content (AvgIpc) is 3.25. The molecule has 0 unspecified atom stereocenters. The third-order valence-corrected chi connectivity index (χ3v) is 6.96. The summed E-state index contributed by atoms with van der Waals surface area (Å²) in [4.78, 5) is 50.5. The number of carbonyl (C=O) groups is 4. The van der Waals surface area contributed by atoms with E-state index in [4.69, 9.17) is 5.11 Å². The van der Waals surface area contributed by atoms with Crippen molar-refractivity contribution in [3.63, 3.8) is 0 Å². The third-order valence-electron chi connectivity index (χ3n) is 6.05. The minimum Gasteiger partial charge on any atom is -0.478 e. The second kappa shape index (κ2) is 9.87. The van der Waals surface area contributed by atoms with Crippen molar-refractivity contribution in [3.8, 4) is 5.69 Å². The SMILES string of the molecule is Cc1cccc(C)c1NC(=O)CN1C(=O)S/C(=C/c2cc(C)n(-c3ccc(C(=O)O)cc3)c2C)C1=O. The van der Waals surface area contributed by atoms with Crippen molar-refractivity contribution in [2.45, 2.75) is 27.7 Å². The van der Waals surface area contributed by atoms with Crippen molar-refractivity contribution in [1.29, 1.82) is 0 Å². The zero-order valence-electron chi connectivity index (χ0n) is 20.3. The molecule has 4 rings (SSSR count). The van der Waals surface area contributed by atoms with E-state index in [9.17, 15) is 19.2 Å². The molecular formula is C27H25N3O5S. The number of aromatic carboxylic acids is 1. The van der Waals surface area contributed by atoms with Gasteiger partial charge in [-0.25, -0.2) is 4.79 Å². The zero-order valence-corrected chi connectivity index (χ0v) is 21.1. The molecule has 0 aliphatic carbocycles. The van der Waals surface area contributed by atoms with Gasteiger partial charge in [0, 0.05) is 22.8 Å². The molecule has 3 amide bonds. The Kier molecular flexibility index (Phi) is 6.85. The molecule has 0 atom stereocenters. The highest BCUT2D eigenvalue weighted by Gasteiger charge is 2.36. The van der Waals surface area contributed by atoms with E-state index >= 15 is 0 Å². The van der Waals surface area contributed by atoms with E-state index in [1.54, 1.807) is 18.2 Å². The van der Waals surface area contributed by atoms with E-state index in [0.717, 1.165) is 50.4 Å². The van der Waals surface area contributed by atoms with Crippen molar-refractivity contribution in [2.24, 2.45) is 0 Å². The second-order valence-electron chi connectivity index (χ2n) is 8.60. The van der Waals surface area contributed by atoms with Crippen LogP contribution in [0.1, 0.15) is 38.4 Å². The van der Waals surface area contributed by atoms with Gasteiger partial charge in [0.15, 0.2) is 0 Å². The normalized spacial score (nSPS) is 14.6. The molecule has 1 fully saturated rings. The smallest absolute Gasteiger partial charge is 0.335 e. The van der Waals surface area contributed by atoms with Crippen LogP contribution in [0, 0.1) is 27.7 Å². The van der Waals surface area contributed by atoms with E-state index in [1.807, 2.05) is 56.5 Å². The zero-order chi connectivity index (χ0) is 26.1. The molecule has 1 saturated heterocycles. The van der Waals surface area contributed by atoms with Gasteiger partial charge in [-0.05, 0) is 92.6 Å². The summed E-state index contributed by atoms with van der Waals surface area (Å²) in [5, 5.41) is 11.4. The first kappa shape index (κ1) is 25.0. The van der Waals surface area contributed by atoms with Crippen molar-refractivity contribution < 1.29 is 24.3 Å².